The molecule has 29 heavy (non-hydrogen) atoms. The number of rotatable bonds is 7. The van der Waals surface area contributed by atoms with Crippen LogP contribution in [0.25, 0.3) is 0 Å². The molecule has 0 radical (unpaired) electrons. The average molecular weight is 472 g/mol. The third-order valence-corrected chi connectivity index (χ3v) is 4.59. The summed E-state index contributed by atoms with van der Waals surface area (Å²) in [6.45, 7) is -0.0914. The number of carbonyl (C=O) groups excluding carboxylic acids is 3. The maximum atomic E-state index is 13.5. The number of hydrogen-bond donors (Lipinski definition) is 3. The standard InChI is InChI=1S/C19H17BrF3N3O3/c1-24-19(29)17(10-2-5-14(22)15(23)8-10)26-16(27)6-7-25-18(28)12-9-11(21)3-4-13(12)20/h2-5,8-9,17H,6-7H2,1H3,(H,24,29)(H,25,28)(H,26,27). The second-order valence-corrected chi connectivity index (χ2v) is 6.77. The van der Waals surface area contributed by atoms with E-state index in [1.54, 1.807) is 0 Å². The summed E-state index contributed by atoms with van der Waals surface area (Å²) in [5, 5.41) is 7.20. The van der Waals surface area contributed by atoms with E-state index in [0.717, 1.165) is 18.2 Å². The summed E-state index contributed by atoms with van der Waals surface area (Å²) >= 11 is 3.14. The largest absolute Gasteiger partial charge is 0.357 e. The molecule has 6 nitrogen and oxygen atoms in total. The highest BCUT2D eigenvalue weighted by molar-refractivity contribution is 9.10. The van der Waals surface area contributed by atoms with Gasteiger partial charge in [0.25, 0.3) is 5.91 Å². The van der Waals surface area contributed by atoms with Crippen LogP contribution in [0.15, 0.2) is 40.9 Å². The molecular weight excluding hydrogens is 455 g/mol. The van der Waals surface area contributed by atoms with E-state index in [4.69, 9.17) is 0 Å². The summed E-state index contributed by atoms with van der Waals surface area (Å²) in [5.41, 5.74) is 0.125. The van der Waals surface area contributed by atoms with E-state index in [0.29, 0.717) is 4.47 Å². The van der Waals surface area contributed by atoms with Crippen LogP contribution in [0.1, 0.15) is 28.4 Å². The van der Waals surface area contributed by atoms with Crippen LogP contribution < -0.4 is 16.0 Å². The van der Waals surface area contributed by atoms with Crippen LogP contribution in [0.4, 0.5) is 13.2 Å². The molecule has 0 spiro atoms. The number of carbonyl (C=O) groups is 3. The molecule has 0 heterocycles. The van der Waals surface area contributed by atoms with Gasteiger partial charge < -0.3 is 16.0 Å². The number of nitrogens with one attached hydrogen (secondary N) is 3. The average Bonchev–Trinajstić information content (AvgIpc) is 2.69. The number of halogens is 4. The van der Waals surface area contributed by atoms with Crippen molar-refractivity contribution in [2.45, 2.75) is 12.5 Å². The minimum absolute atomic E-state index is 0.0596. The molecule has 0 saturated carbocycles. The monoisotopic (exact) mass is 471 g/mol. The van der Waals surface area contributed by atoms with Crippen molar-refractivity contribution in [3.05, 3.63) is 69.4 Å². The summed E-state index contributed by atoms with van der Waals surface area (Å²) < 4.78 is 40.2. The van der Waals surface area contributed by atoms with Crippen molar-refractivity contribution >= 4 is 33.7 Å². The Morgan fingerprint density at radius 3 is 2.41 bits per heavy atom. The molecule has 0 saturated heterocycles. The molecule has 2 rings (SSSR count). The van der Waals surface area contributed by atoms with Crippen LogP contribution in [0.2, 0.25) is 0 Å². The van der Waals surface area contributed by atoms with Gasteiger partial charge in [-0.25, -0.2) is 13.2 Å². The van der Waals surface area contributed by atoms with E-state index < -0.39 is 41.2 Å². The van der Waals surface area contributed by atoms with E-state index >= 15 is 0 Å². The predicted molar refractivity (Wildman–Crippen MR) is 102 cm³/mol. The van der Waals surface area contributed by atoms with Crippen molar-refractivity contribution in [2.75, 3.05) is 13.6 Å². The van der Waals surface area contributed by atoms with Crippen LogP contribution in [-0.2, 0) is 9.59 Å². The van der Waals surface area contributed by atoms with Gasteiger partial charge in [0.2, 0.25) is 11.8 Å². The van der Waals surface area contributed by atoms with Crippen molar-refractivity contribution in [1.82, 2.24) is 16.0 Å². The highest BCUT2D eigenvalue weighted by atomic mass is 79.9. The molecule has 3 amide bonds. The molecule has 1 atom stereocenters. The second kappa shape index (κ2) is 10.1. The van der Waals surface area contributed by atoms with E-state index in [1.165, 1.54) is 25.2 Å². The molecule has 1 unspecified atom stereocenters. The first-order chi connectivity index (χ1) is 13.7. The Labute approximate surface area is 173 Å². The second-order valence-electron chi connectivity index (χ2n) is 5.92. The lowest BCUT2D eigenvalue weighted by molar-refractivity contribution is -0.128. The minimum atomic E-state index is -1.24. The smallest absolute Gasteiger partial charge is 0.252 e. The molecule has 2 aromatic rings. The lowest BCUT2D eigenvalue weighted by Crippen LogP contribution is -2.40. The van der Waals surface area contributed by atoms with Gasteiger partial charge in [-0.15, -0.1) is 0 Å². The lowest BCUT2D eigenvalue weighted by Gasteiger charge is -2.18. The Hall–Kier alpha value is -2.88. The minimum Gasteiger partial charge on any atom is -0.357 e. The third-order valence-electron chi connectivity index (χ3n) is 3.90. The SMILES string of the molecule is CNC(=O)C(NC(=O)CCNC(=O)c1cc(F)ccc1Br)c1ccc(F)c(F)c1. The van der Waals surface area contributed by atoms with Crippen LogP contribution >= 0.6 is 15.9 Å². The van der Waals surface area contributed by atoms with Crippen molar-refractivity contribution in [3.8, 4) is 0 Å². The van der Waals surface area contributed by atoms with E-state index in [2.05, 4.69) is 31.9 Å². The lowest BCUT2D eigenvalue weighted by atomic mass is 10.1. The normalized spacial score (nSPS) is 11.5. The van der Waals surface area contributed by atoms with E-state index in [1.807, 2.05) is 0 Å². The first-order valence-electron chi connectivity index (χ1n) is 8.42. The van der Waals surface area contributed by atoms with Gasteiger partial charge in [-0.1, -0.05) is 6.07 Å². The Bertz CT molecular complexity index is 940. The van der Waals surface area contributed by atoms with E-state index in [-0.39, 0.29) is 24.1 Å². The molecule has 3 N–H and O–H groups in total. The highest BCUT2D eigenvalue weighted by Crippen LogP contribution is 2.18. The first-order valence-corrected chi connectivity index (χ1v) is 9.21. The van der Waals surface area contributed by atoms with Crippen molar-refractivity contribution in [2.24, 2.45) is 0 Å². The molecule has 154 valence electrons. The van der Waals surface area contributed by atoms with E-state index in [9.17, 15) is 27.6 Å². The topological polar surface area (TPSA) is 87.3 Å². The van der Waals surface area contributed by atoms with Gasteiger partial charge in [0.1, 0.15) is 11.9 Å². The maximum Gasteiger partial charge on any atom is 0.252 e. The van der Waals surface area contributed by atoms with Gasteiger partial charge in [-0.3, -0.25) is 14.4 Å². The number of likely N-dealkylation sites (N-methyl/N-ethyl adjacent to an activating group) is 1. The number of hydrogen-bond acceptors (Lipinski definition) is 3. The molecule has 0 bridgehead atoms. The molecule has 0 fully saturated rings. The summed E-state index contributed by atoms with van der Waals surface area (Å²) in [6.07, 6.45) is -0.199. The Kier molecular flexibility index (Phi) is 7.77. The van der Waals surface area contributed by atoms with Crippen molar-refractivity contribution in [1.29, 1.82) is 0 Å². The zero-order valence-electron chi connectivity index (χ0n) is 15.2. The van der Waals surface area contributed by atoms with Crippen molar-refractivity contribution < 1.29 is 27.6 Å². The quantitative estimate of drug-likeness (QED) is 0.579. The Morgan fingerprint density at radius 2 is 1.76 bits per heavy atom. The van der Waals surface area contributed by atoms with Crippen molar-refractivity contribution in [3.63, 3.8) is 0 Å². The molecule has 2 aromatic carbocycles. The zero-order valence-corrected chi connectivity index (χ0v) is 16.8. The zero-order chi connectivity index (χ0) is 21.6. The third kappa shape index (κ3) is 6.05. The van der Waals surface area contributed by atoms with Gasteiger partial charge in [-0.2, -0.15) is 0 Å². The molecule has 0 aromatic heterocycles. The Balaban J connectivity index is 1.98. The Morgan fingerprint density at radius 1 is 1.03 bits per heavy atom. The molecular formula is C19H17BrF3N3O3. The first kappa shape index (κ1) is 22.4. The van der Waals surface area contributed by atoms with Crippen LogP contribution in [0.5, 0.6) is 0 Å². The van der Waals surface area contributed by atoms with Gasteiger partial charge in [0.15, 0.2) is 11.6 Å². The van der Waals surface area contributed by atoms with Crippen LogP contribution in [-0.4, -0.2) is 31.3 Å². The molecule has 0 aliphatic heterocycles. The highest BCUT2D eigenvalue weighted by Gasteiger charge is 2.23. The summed E-state index contributed by atoms with van der Waals surface area (Å²) in [6, 6.07) is 5.23. The number of benzene rings is 2. The number of amides is 3. The van der Waals surface area contributed by atoms with Gasteiger partial charge in [0.05, 0.1) is 5.56 Å². The summed E-state index contributed by atoms with van der Waals surface area (Å²) in [4.78, 5) is 36.3. The van der Waals surface area contributed by atoms with Crippen LogP contribution in [0.3, 0.4) is 0 Å². The van der Waals surface area contributed by atoms with Crippen LogP contribution in [0, 0.1) is 17.5 Å². The maximum absolute atomic E-state index is 13.5. The van der Waals surface area contributed by atoms with Gasteiger partial charge in [-0.05, 0) is 51.8 Å². The predicted octanol–water partition coefficient (Wildman–Crippen LogP) is 2.59. The van der Waals surface area contributed by atoms with Gasteiger partial charge >= 0.3 is 0 Å². The molecule has 10 heteroatoms. The fourth-order valence-corrected chi connectivity index (χ4v) is 2.85. The van der Waals surface area contributed by atoms with Gasteiger partial charge in [0, 0.05) is 24.5 Å². The summed E-state index contributed by atoms with van der Waals surface area (Å²) in [7, 11) is 1.33. The fourth-order valence-electron chi connectivity index (χ4n) is 2.43. The molecule has 0 aliphatic rings. The molecule has 0 aliphatic carbocycles. The fraction of sp³-hybridized carbons (Fsp3) is 0.211. The summed E-state index contributed by atoms with van der Waals surface area (Å²) in [5.74, 6) is -4.65.